The zero-order valence-electron chi connectivity index (χ0n) is 54.0. The van der Waals surface area contributed by atoms with Crippen LogP contribution >= 0.6 is 0 Å². The molecule has 0 heterocycles. The molecule has 0 fully saturated rings. The van der Waals surface area contributed by atoms with Crippen LogP contribution in [0.1, 0.15) is 143 Å². The SMILES string of the molecule is CCN(Cc1ccc(CN(CCCCN(Cc2ccc(CN(CCCCN(Cc3ccc(CN(CCN)C(=O)CCC(=O)OC)cc3)C(=O)CCC(=O)OC)C(=O)CCC(=O)OC)cc2)C(=O)CCC(=O)OC)C(=O)CCC(=O)OC)cc1)C(=O)CCC(=O)OC. The van der Waals surface area contributed by atoms with Crippen LogP contribution in [-0.4, -0.2) is 189 Å². The first-order valence-electron chi connectivity index (χ1n) is 30.7. The van der Waals surface area contributed by atoms with E-state index in [1.807, 2.05) is 79.7 Å². The number of ether oxygens (including phenoxy) is 6. The maximum absolute atomic E-state index is 13.8. The maximum atomic E-state index is 13.8. The molecule has 0 aliphatic carbocycles. The minimum Gasteiger partial charge on any atom is -0.469 e. The van der Waals surface area contributed by atoms with Gasteiger partial charge in [0.05, 0.1) is 81.2 Å². The fraction of sp³-hybridized carbons (Fsp3) is 0.545. The Balaban J connectivity index is 1.76. The number of carbonyl (C=O) groups is 12. The van der Waals surface area contributed by atoms with Crippen molar-refractivity contribution in [1.82, 2.24) is 29.4 Å². The number of methoxy groups -OCH3 is 6. The summed E-state index contributed by atoms with van der Waals surface area (Å²) in [4.78, 5) is 162. The molecule has 2 N–H and O–H groups in total. The van der Waals surface area contributed by atoms with Crippen molar-refractivity contribution in [1.29, 1.82) is 0 Å². The molecule has 25 nitrogen and oxygen atoms in total. The largest absolute Gasteiger partial charge is 0.469 e. The summed E-state index contributed by atoms with van der Waals surface area (Å²) >= 11 is 0. The number of nitrogens with zero attached hydrogens (tertiary/aromatic N) is 6. The van der Waals surface area contributed by atoms with Gasteiger partial charge in [0.15, 0.2) is 0 Å². The third-order valence-electron chi connectivity index (χ3n) is 15.0. The lowest BCUT2D eigenvalue weighted by atomic mass is 10.1. The van der Waals surface area contributed by atoms with E-state index in [4.69, 9.17) is 24.7 Å². The Morgan fingerprint density at radius 1 is 0.275 bits per heavy atom. The summed E-state index contributed by atoms with van der Waals surface area (Å²) < 4.78 is 28.5. The Labute approximate surface area is 534 Å². The number of hydrogen-bond donors (Lipinski definition) is 1. The number of esters is 6. The van der Waals surface area contributed by atoms with Gasteiger partial charge in [0.2, 0.25) is 35.4 Å². The standard InChI is InChI=1S/C66H93N7O18/c1-8-68(55(74)25-31-61(80)86-2)43-49-13-15-50(16-14-49)44-69(56(75)26-32-62(81)87-3)38-9-10-39-70(57(76)27-33-63(82)88-4)45-51-17-19-52(20-18-51)46-71(58(77)28-34-64(83)89-5)40-11-12-41-72(59(78)29-35-65(84)90-6)47-53-21-23-54(24-22-53)48-73(42-37-67)60(79)30-36-66(85)91-7/h13-24H,8-12,25-48,67H2,1-7H3. The van der Waals surface area contributed by atoms with Crippen molar-refractivity contribution in [3.05, 3.63) is 106 Å². The van der Waals surface area contributed by atoms with E-state index in [0.717, 1.165) is 33.4 Å². The molecule has 0 spiro atoms. The fourth-order valence-electron chi connectivity index (χ4n) is 9.59. The summed E-state index contributed by atoms with van der Waals surface area (Å²) in [6.45, 7) is 5.27. The highest BCUT2D eigenvalue weighted by Crippen LogP contribution is 2.19. The van der Waals surface area contributed by atoms with Gasteiger partial charge in [-0.3, -0.25) is 57.5 Å². The van der Waals surface area contributed by atoms with E-state index in [2.05, 4.69) is 9.47 Å². The molecule has 0 bridgehead atoms. The second-order valence-electron chi connectivity index (χ2n) is 21.6. The lowest BCUT2D eigenvalue weighted by molar-refractivity contribution is -0.144. The molecule has 91 heavy (non-hydrogen) atoms. The fourth-order valence-corrected chi connectivity index (χ4v) is 9.59. The predicted octanol–water partition coefficient (Wildman–Crippen LogP) is 5.32. The van der Waals surface area contributed by atoms with Crippen LogP contribution in [0.25, 0.3) is 0 Å². The van der Waals surface area contributed by atoms with Crippen LogP contribution in [-0.2, 0) is 125 Å². The van der Waals surface area contributed by atoms with Gasteiger partial charge in [-0.2, -0.15) is 0 Å². The van der Waals surface area contributed by atoms with Gasteiger partial charge in [-0.1, -0.05) is 72.8 Å². The number of hydrogen-bond acceptors (Lipinski definition) is 19. The molecule has 3 rings (SSSR count). The topological polar surface area (TPSA) is 306 Å². The number of nitrogens with two attached hydrogens (primary N) is 1. The van der Waals surface area contributed by atoms with Crippen molar-refractivity contribution in [3.63, 3.8) is 0 Å². The van der Waals surface area contributed by atoms with E-state index >= 15 is 0 Å². The van der Waals surface area contributed by atoms with E-state index in [1.54, 1.807) is 29.4 Å². The highest BCUT2D eigenvalue weighted by Gasteiger charge is 2.23. The molecule has 0 radical (unpaired) electrons. The Kier molecular flexibility index (Phi) is 36.2. The molecule has 6 amide bonds. The summed E-state index contributed by atoms with van der Waals surface area (Å²) in [5, 5.41) is 0. The van der Waals surface area contributed by atoms with Crippen LogP contribution in [0.15, 0.2) is 72.8 Å². The monoisotopic (exact) mass is 1270 g/mol. The first kappa shape index (κ1) is 76.5. The summed E-state index contributed by atoms with van der Waals surface area (Å²) in [5.74, 6) is -4.64. The molecule has 0 unspecified atom stereocenters. The quantitative estimate of drug-likeness (QED) is 0.0426. The van der Waals surface area contributed by atoms with E-state index in [1.165, 1.54) is 42.7 Å². The van der Waals surface area contributed by atoms with E-state index in [0.29, 0.717) is 45.3 Å². The molecule has 3 aromatic carbocycles. The van der Waals surface area contributed by atoms with Crippen molar-refractivity contribution in [2.24, 2.45) is 5.73 Å². The molecular formula is C66H93N7O18. The van der Waals surface area contributed by atoms with Gasteiger partial charge in [0, 0.05) is 124 Å². The Bertz CT molecular complexity index is 2830. The lowest BCUT2D eigenvalue weighted by Crippen LogP contribution is -2.35. The average Bonchev–Trinajstić information content (AvgIpc) is 2.32. The number of amides is 6. The van der Waals surface area contributed by atoms with Gasteiger partial charge in [-0.15, -0.1) is 0 Å². The normalized spacial score (nSPS) is 10.7. The first-order valence-corrected chi connectivity index (χ1v) is 30.7. The smallest absolute Gasteiger partial charge is 0.306 e. The summed E-state index contributed by atoms with van der Waals surface area (Å²) in [7, 11) is 7.52. The third kappa shape index (κ3) is 30.1. The van der Waals surface area contributed by atoms with Crippen molar-refractivity contribution in [2.45, 2.75) is 149 Å². The highest BCUT2D eigenvalue weighted by atomic mass is 16.5. The minimum absolute atomic E-state index is 0.0187. The van der Waals surface area contributed by atoms with Crippen LogP contribution in [0.3, 0.4) is 0 Å². The van der Waals surface area contributed by atoms with Crippen molar-refractivity contribution in [3.8, 4) is 0 Å². The van der Waals surface area contributed by atoms with Gasteiger partial charge < -0.3 is 63.6 Å². The molecule has 3 aromatic rings. The minimum atomic E-state index is -0.541. The molecule has 500 valence electrons. The number of carbonyl (C=O) groups excluding carboxylic acids is 12. The first-order chi connectivity index (χ1) is 43.7. The molecule has 0 atom stereocenters. The van der Waals surface area contributed by atoms with Gasteiger partial charge in [-0.05, 0) is 66.0 Å². The molecule has 0 aliphatic heterocycles. The molecule has 0 aromatic heterocycles. The van der Waals surface area contributed by atoms with E-state index in [9.17, 15) is 57.5 Å². The zero-order chi connectivity index (χ0) is 67.1. The maximum Gasteiger partial charge on any atom is 0.306 e. The Morgan fingerprint density at radius 3 is 0.604 bits per heavy atom. The van der Waals surface area contributed by atoms with E-state index in [-0.39, 0.29) is 178 Å². The second-order valence-corrected chi connectivity index (χ2v) is 21.6. The van der Waals surface area contributed by atoms with Gasteiger partial charge in [-0.25, -0.2) is 0 Å². The third-order valence-corrected chi connectivity index (χ3v) is 15.0. The highest BCUT2D eigenvalue weighted by molar-refractivity contribution is 5.84. The molecular weight excluding hydrogens is 1180 g/mol. The summed E-state index contributed by atoms with van der Waals surface area (Å²) in [5.41, 5.74) is 10.6. The summed E-state index contributed by atoms with van der Waals surface area (Å²) in [6.07, 6.45) is 0.936. The van der Waals surface area contributed by atoms with Crippen molar-refractivity contribution >= 4 is 71.3 Å². The lowest BCUT2D eigenvalue weighted by Gasteiger charge is -2.26. The Morgan fingerprint density at radius 2 is 0.440 bits per heavy atom. The molecule has 0 saturated heterocycles. The summed E-state index contributed by atoms with van der Waals surface area (Å²) in [6, 6.07) is 22.2. The van der Waals surface area contributed by atoms with Crippen LogP contribution in [0.4, 0.5) is 0 Å². The van der Waals surface area contributed by atoms with Gasteiger partial charge in [0.1, 0.15) is 0 Å². The van der Waals surface area contributed by atoms with Crippen LogP contribution in [0.5, 0.6) is 0 Å². The van der Waals surface area contributed by atoms with Crippen LogP contribution in [0, 0.1) is 0 Å². The van der Waals surface area contributed by atoms with Crippen molar-refractivity contribution in [2.75, 3.05) is 88.5 Å². The van der Waals surface area contributed by atoms with Gasteiger partial charge in [0.25, 0.3) is 0 Å². The van der Waals surface area contributed by atoms with Crippen LogP contribution < -0.4 is 5.73 Å². The van der Waals surface area contributed by atoms with E-state index < -0.39 is 35.8 Å². The van der Waals surface area contributed by atoms with Gasteiger partial charge >= 0.3 is 35.8 Å². The predicted molar refractivity (Wildman–Crippen MR) is 333 cm³/mol. The molecule has 0 saturated carbocycles. The number of rotatable bonds is 43. The number of unbranched alkanes of at least 4 members (excludes halogenated alkanes) is 2. The molecule has 0 aliphatic rings. The Hall–Kier alpha value is -8.74. The molecule has 25 heteroatoms. The zero-order valence-corrected chi connectivity index (χ0v) is 54.0. The van der Waals surface area contributed by atoms with Crippen molar-refractivity contribution < 1.29 is 86.0 Å². The number of benzene rings is 3. The van der Waals surface area contributed by atoms with Crippen LogP contribution in [0.2, 0.25) is 0 Å². The second kappa shape index (κ2) is 43.1. The average molecular weight is 1270 g/mol.